The predicted molar refractivity (Wildman–Crippen MR) is 131 cm³/mol. The number of benzodiazepines with no additional fused rings is 1. The summed E-state index contributed by atoms with van der Waals surface area (Å²) >= 11 is 0. The number of hydrogen-bond donors (Lipinski definition) is 1. The molecule has 6 heteroatoms. The van der Waals surface area contributed by atoms with Crippen LogP contribution in [0, 0.1) is 11.7 Å². The Morgan fingerprint density at radius 2 is 1.62 bits per heavy atom. The van der Waals surface area contributed by atoms with Crippen LogP contribution >= 0.6 is 0 Å². The van der Waals surface area contributed by atoms with Crippen LogP contribution < -0.4 is 10.6 Å². The van der Waals surface area contributed by atoms with Crippen LogP contribution in [0.3, 0.4) is 0 Å². The molecule has 5 nitrogen and oxygen atoms in total. The summed E-state index contributed by atoms with van der Waals surface area (Å²) in [5.74, 6) is -1.37. The SMILES string of the molecule is CN1c2ccccc2C(c2ccccc2F)=NCC1C1(N)C(=O)CC(Cc2ccccc2)C1=O. The highest BCUT2D eigenvalue weighted by Crippen LogP contribution is 2.37. The average Bonchev–Trinajstić information content (AvgIpc) is 2.98. The number of carbonyl (C=O) groups is 2. The third kappa shape index (κ3) is 3.55. The molecule has 0 radical (unpaired) electrons. The van der Waals surface area contributed by atoms with Gasteiger partial charge in [0.2, 0.25) is 0 Å². The molecular formula is C28H26FN3O2. The fraction of sp³-hybridized carbons (Fsp3) is 0.250. The largest absolute Gasteiger partial charge is 0.366 e. The van der Waals surface area contributed by atoms with Crippen molar-refractivity contribution in [3.05, 3.63) is 101 Å². The predicted octanol–water partition coefficient (Wildman–Crippen LogP) is 3.58. The number of para-hydroxylation sites is 1. The first-order chi connectivity index (χ1) is 16.4. The summed E-state index contributed by atoms with van der Waals surface area (Å²) in [6.45, 7) is 0.0981. The monoisotopic (exact) mass is 455 g/mol. The van der Waals surface area contributed by atoms with Gasteiger partial charge in [-0.25, -0.2) is 4.39 Å². The van der Waals surface area contributed by atoms with Crippen molar-refractivity contribution >= 4 is 23.0 Å². The lowest BCUT2D eigenvalue weighted by atomic mass is 9.84. The lowest BCUT2D eigenvalue weighted by molar-refractivity contribution is -0.130. The van der Waals surface area contributed by atoms with E-state index in [1.54, 1.807) is 18.2 Å². The summed E-state index contributed by atoms with van der Waals surface area (Å²) < 4.78 is 14.7. The van der Waals surface area contributed by atoms with E-state index in [-0.39, 0.29) is 30.3 Å². The van der Waals surface area contributed by atoms with Gasteiger partial charge in [0, 0.05) is 36.2 Å². The second kappa shape index (κ2) is 8.61. The molecular weight excluding hydrogens is 429 g/mol. The van der Waals surface area contributed by atoms with Crippen LogP contribution in [0.4, 0.5) is 10.1 Å². The molecule has 0 spiro atoms. The van der Waals surface area contributed by atoms with Crippen LogP contribution in [-0.4, -0.2) is 42.5 Å². The molecule has 1 aliphatic heterocycles. The smallest absolute Gasteiger partial charge is 0.166 e. The van der Waals surface area contributed by atoms with E-state index in [0.29, 0.717) is 17.7 Å². The van der Waals surface area contributed by atoms with E-state index in [4.69, 9.17) is 10.7 Å². The number of benzene rings is 3. The van der Waals surface area contributed by atoms with Gasteiger partial charge in [0.05, 0.1) is 18.3 Å². The Labute approximate surface area is 198 Å². The van der Waals surface area contributed by atoms with Gasteiger partial charge in [-0.1, -0.05) is 60.7 Å². The molecule has 1 aliphatic carbocycles. The number of aliphatic imine (C=N–C) groups is 1. The molecule has 1 heterocycles. The van der Waals surface area contributed by atoms with Gasteiger partial charge in [-0.3, -0.25) is 14.6 Å². The number of likely N-dealkylation sites (N-methyl/N-ethyl adjacent to an activating group) is 1. The molecule has 0 aromatic heterocycles. The Kier molecular flexibility index (Phi) is 5.62. The van der Waals surface area contributed by atoms with E-state index >= 15 is 0 Å². The quantitative estimate of drug-likeness (QED) is 0.610. The lowest BCUT2D eigenvalue weighted by Gasteiger charge is -2.38. The molecule has 34 heavy (non-hydrogen) atoms. The maximum atomic E-state index is 14.7. The van der Waals surface area contributed by atoms with Gasteiger partial charge in [-0.2, -0.15) is 0 Å². The van der Waals surface area contributed by atoms with Crippen molar-refractivity contribution in [3.8, 4) is 0 Å². The molecule has 1 fully saturated rings. The lowest BCUT2D eigenvalue weighted by Crippen LogP contribution is -2.66. The minimum absolute atomic E-state index is 0.0981. The van der Waals surface area contributed by atoms with Crippen LogP contribution in [0.5, 0.6) is 0 Å². The fourth-order valence-electron chi connectivity index (χ4n) is 5.24. The second-order valence-corrected chi connectivity index (χ2v) is 9.06. The van der Waals surface area contributed by atoms with Crippen LogP contribution in [0.15, 0.2) is 83.9 Å². The van der Waals surface area contributed by atoms with Gasteiger partial charge in [-0.15, -0.1) is 0 Å². The summed E-state index contributed by atoms with van der Waals surface area (Å²) in [6, 6.07) is 23.0. The normalized spacial score (nSPS) is 24.6. The van der Waals surface area contributed by atoms with Gasteiger partial charge in [-0.05, 0) is 30.2 Å². The van der Waals surface area contributed by atoms with Crippen molar-refractivity contribution in [2.75, 3.05) is 18.5 Å². The number of fused-ring (bicyclic) bond motifs is 1. The number of hydrogen-bond acceptors (Lipinski definition) is 5. The molecule has 3 aromatic rings. The van der Waals surface area contributed by atoms with Gasteiger partial charge in [0.1, 0.15) is 5.82 Å². The minimum Gasteiger partial charge on any atom is -0.366 e. The van der Waals surface area contributed by atoms with E-state index in [0.717, 1.165) is 16.8 Å². The van der Waals surface area contributed by atoms with E-state index in [1.165, 1.54) is 6.07 Å². The second-order valence-electron chi connectivity index (χ2n) is 9.06. The Bertz CT molecular complexity index is 1290. The summed E-state index contributed by atoms with van der Waals surface area (Å²) in [5.41, 5.74) is 8.38. The zero-order valence-corrected chi connectivity index (χ0v) is 18.9. The molecule has 0 saturated heterocycles. The molecule has 0 amide bonds. The van der Waals surface area contributed by atoms with E-state index in [2.05, 4.69) is 0 Å². The Morgan fingerprint density at radius 1 is 0.971 bits per heavy atom. The van der Waals surface area contributed by atoms with Gasteiger partial charge in [0.25, 0.3) is 0 Å². The maximum Gasteiger partial charge on any atom is 0.166 e. The first kappa shape index (κ1) is 22.2. The van der Waals surface area contributed by atoms with Crippen molar-refractivity contribution < 1.29 is 14.0 Å². The van der Waals surface area contributed by atoms with Crippen LogP contribution in [0.25, 0.3) is 0 Å². The topological polar surface area (TPSA) is 75.8 Å². The zero-order chi connectivity index (χ0) is 23.9. The summed E-state index contributed by atoms with van der Waals surface area (Å²) in [4.78, 5) is 33.6. The molecule has 2 aliphatic rings. The van der Waals surface area contributed by atoms with Crippen LogP contribution in [0.1, 0.15) is 23.1 Å². The van der Waals surface area contributed by atoms with Crippen molar-refractivity contribution in [3.63, 3.8) is 0 Å². The molecule has 2 N–H and O–H groups in total. The Morgan fingerprint density at radius 3 is 2.35 bits per heavy atom. The maximum absolute atomic E-state index is 14.7. The Balaban J connectivity index is 1.55. The van der Waals surface area contributed by atoms with Gasteiger partial charge in [0.15, 0.2) is 17.1 Å². The van der Waals surface area contributed by atoms with Crippen LogP contribution in [0.2, 0.25) is 0 Å². The molecule has 172 valence electrons. The van der Waals surface area contributed by atoms with Crippen molar-refractivity contribution in [2.24, 2.45) is 16.6 Å². The third-order valence-electron chi connectivity index (χ3n) is 7.08. The molecule has 3 atom stereocenters. The highest BCUT2D eigenvalue weighted by molar-refractivity contribution is 6.20. The van der Waals surface area contributed by atoms with Gasteiger partial charge < -0.3 is 10.6 Å². The summed E-state index contributed by atoms with van der Waals surface area (Å²) in [6.07, 6.45) is 0.585. The summed E-state index contributed by atoms with van der Waals surface area (Å²) in [7, 11) is 1.82. The number of halogens is 1. The number of anilines is 1. The highest BCUT2D eigenvalue weighted by Gasteiger charge is 2.57. The van der Waals surface area contributed by atoms with E-state index < -0.39 is 17.5 Å². The number of Topliss-reactive ketones (excluding diaryl/α,β-unsaturated/α-hetero) is 2. The van der Waals surface area contributed by atoms with Crippen molar-refractivity contribution in [2.45, 2.75) is 24.4 Å². The standard InChI is InChI=1S/C28H26FN3O2/c1-32-23-14-8-6-12-21(23)26(20-11-5-7-13-22(20)29)31-17-24(32)28(30)25(33)16-19(27(28)34)15-18-9-3-2-4-10-18/h2-14,19,24H,15-17,30H2,1H3. The number of ketones is 2. The van der Waals surface area contributed by atoms with E-state index in [1.807, 2.05) is 66.5 Å². The third-order valence-corrected chi connectivity index (χ3v) is 7.08. The van der Waals surface area contributed by atoms with Crippen LogP contribution in [-0.2, 0) is 16.0 Å². The molecule has 5 rings (SSSR count). The number of nitrogens with zero attached hydrogens (tertiary/aromatic N) is 2. The summed E-state index contributed by atoms with van der Waals surface area (Å²) in [5, 5.41) is 0. The first-order valence-electron chi connectivity index (χ1n) is 11.4. The number of rotatable bonds is 4. The first-order valence-corrected chi connectivity index (χ1v) is 11.4. The highest BCUT2D eigenvalue weighted by atomic mass is 19.1. The fourth-order valence-corrected chi connectivity index (χ4v) is 5.24. The Hall–Kier alpha value is -3.64. The number of carbonyl (C=O) groups excluding carboxylic acids is 2. The van der Waals surface area contributed by atoms with Crippen molar-refractivity contribution in [1.82, 2.24) is 0 Å². The average molecular weight is 456 g/mol. The van der Waals surface area contributed by atoms with E-state index in [9.17, 15) is 14.0 Å². The minimum atomic E-state index is -1.69. The van der Waals surface area contributed by atoms with Gasteiger partial charge >= 0.3 is 0 Å². The number of nitrogens with two attached hydrogens (primary N) is 1. The molecule has 3 aromatic carbocycles. The molecule has 1 saturated carbocycles. The molecule has 0 bridgehead atoms. The van der Waals surface area contributed by atoms with Crippen molar-refractivity contribution in [1.29, 1.82) is 0 Å². The zero-order valence-electron chi connectivity index (χ0n) is 18.9. The molecule has 3 unspecified atom stereocenters.